The zero-order valence-corrected chi connectivity index (χ0v) is 17.2. The van der Waals surface area contributed by atoms with Crippen LogP contribution < -0.4 is 11.2 Å². The molecule has 0 atom stereocenters. The molecule has 0 bridgehead atoms. The number of H-pyrrole nitrogens is 1. The number of nitrogens with zero attached hydrogens (tertiary/aromatic N) is 1. The molecule has 30 heavy (non-hydrogen) atoms. The average Bonchev–Trinajstić information content (AvgIpc) is 3.09. The third-order valence-electron chi connectivity index (χ3n) is 4.94. The second-order valence-corrected chi connectivity index (χ2v) is 7.97. The van der Waals surface area contributed by atoms with Gasteiger partial charge in [0.2, 0.25) is 0 Å². The quantitative estimate of drug-likeness (QED) is 0.483. The topological polar surface area (TPSA) is 81.2 Å². The third-order valence-corrected chi connectivity index (χ3v) is 6.12. The molecule has 0 amide bonds. The predicted molar refractivity (Wildman–Crippen MR) is 117 cm³/mol. The summed E-state index contributed by atoms with van der Waals surface area (Å²) in [6, 6.07) is 19.0. The highest BCUT2D eigenvalue weighted by Crippen LogP contribution is 2.27. The van der Waals surface area contributed by atoms with Gasteiger partial charge in [-0.05, 0) is 30.0 Å². The fraction of sp³-hybridized carbons (Fsp3) is 0.174. The van der Waals surface area contributed by atoms with E-state index >= 15 is 0 Å². The van der Waals surface area contributed by atoms with Crippen LogP contribution in [0.5, 0.6) is 0 Å². The predicted octanol–water partition coefficient (Wildman–Crippen LogP) is 3.66. The van der Waals surface area contributed by atoms with E-state index in [1.54, 1.807) is 6.92 Å². The fourth-order valence-corrected chi connectivity index (χ4v) is 4.41. The first kappa shape index (κ1) is 19.8. The lowest BCUT2D eigenvalue weighted by molar-refractivity contribution is 0.0478. The Bertz CT molecular complexity index is 1300. The molecule has 0 aliphatic carbocycles. The number of rotatable bonds is 6. The van der Waals surface area contributed by atoms with Crippen molar-refractivity contribution in [3.63, 3.8) is 0 Å². The number of esters is 1. The number of hydrogen-bond donors (Lipinski definition) is 1. The summed E-state index contributed by atoms with van der Waals surface area (Å²) in [4.78, 5) is 41.5. The van der Waals surface area contributed by atoms with Gasteiger partial charge < -0.3 is 4.74 Å². The van der Waals surface area contributed by atoms with Crippen LogP contribution in [-0.4, -0.2) is 15.5 Å². The van der Waals surface area contributed by atoms with Crippen molar-refractivity contribution in [1.82, 2.24) is 9.55 Å². The molecular weight excluding hydrogens is 400 g/mol. The van der Waals surface area contributed by atoms with Gasteiger partial charge in [0, 0.05) is 6.54 Å². The Kier molecular flexibility index (Phi) is 5.63. The van der Waals surface area contributed by atoms with Crippen molar-refractivity contribution in [2.45, 2.75) is 26.5 Å². The van der Waals surface area contributed by atoms with Crippen LogP contribution in [0.1, 0.15) is 26.4 Å². The number of thiophene rings is 1. The number of hydrogen-bond acceptors (Lipinski definition) is 5. The number of benzene rings is 2. The summed E-state index contributed by atoms with van der Waals surface area (Å²) in [5, 5.41) is 0.360. The van der Waals surface area contributed by atoms with E-state index in [1.807, 2.05) is 60.7 Å². The number of fused-ring (bicyclic) bond motifs is 1. The van der Waals surface area contributed by atoms with Crippen molar-refractivity contribution >= 4 is 27.5 Å². The molecule has 0 radical (unpaired) electrons. The Morgan fingerprint density at radius 2 is 1.63 bits per heavy atom. The Hall–Kier alpha value is -3.45. The molecule has 2 aromatic heterocycles. The Labute approximate surface area is 176 Å². The standard InChI is InChI=1S/C23H20N2O4S/c1-15-18-20(30-19(15)22(27)29-14-17-10-6-3-7-11-17)24-23(28)25(21(18)26)13-12-16-8-4-2-5-9-16/h2-11H,12-14H2,1H3,(H,24,28). The van der Waals surface area contributed by atoms with Crippen LogP contribution in [0, 0.1) is 6.92 Å². The van der Waals surface area contributed by atoms with Crippen molar-refractivity contribution < 1.29 is 9.53 Å². The molecule has 0 saturated heterocycles. The second kappa shape index (κ2) is 8.51. The Balaban J connectivity index is 1.61. The minimum Gasteiger partial charge on any atom is -0.457 e. The second-order valence-electron chi connectivity index (χ2n) is 6.94. The molecule has 0 spiro atoms. The van der Waals surface area contributed by atoms with Crippen LogP contribution in [0.25, 0.3) is 10.2 Å². The first-order valence-corrected chi connectivity index (χ1v) is 10.4. The van der Waals surface area contributed by atoms with Gasteiger partial charge in [0.05, 0.1) is 5.39 Å². The number of carbonyl (C=O) groups is 1. The van der Waals surface area contributed by atoms with Gasteiger partial charge in [-0.2, -0.15) is 0 Å². The van der Waals surface area contributed by atoms with Crippen molar-refractivity contribution in [2.24, 2.45) is 0 Å². The summed E-state index contributed by atoms with van der Waals surface area (Å²) < 4.78 is 6.59. The first-order chi connectivity index (χ1) is 14.5. The van der Waals surface area contributed by atoms with Crippen molar-refractivity contribution in [3.05, 3.63) is 103 Å². The molecular formula is C23H20N2O4S. The maximum Gasteiger partial charge on any atom is 0.349 e. The van der Waals surface area contributed by atoms with E-state index in [0.717, 1.165) is 22.5 Å². The minimum absolute atomic E-state index is 0.144. The lowest BCUT2D eigenvalue weighted by Crippen LogP contribution is -2.35. The van der Waals surface area contributed by atoms with Gasteiger partial charge in [-0.1, -0.05) is 60.7 Å². The van der Waals surface area contributed by atoms with E-state index in [0.29, 0.717) is 27.1 Å². The molecule has 0 fully saturated rings. The van der Waals surface area contributed by atoms with Crippen LogP contribution >= 0.6 is 11.3 Å². The summed E-state index contributed by atoms with van der Waals surface area (Å²) in [5.41, 5.74) is 1.58. The highest BCUT2D eigenvalue weighted by molar-refractivity contribution is 7.20. The van der Waals surface area contributed by atoms with Gasteiger partial charge in [-0.3, -0.25) is 14.3 Å². The molecule has 0 aliphatic rings. The molecule has 6 nitrogen and oxygen atoms in total. The smallest absolute Gasteiger partial charge is 0.349 e. The van der Waals surface area contributed by atoms with Crippen molar-refractivity contribution in [2.75, 3.05) is 0 Å². The maximum atomic E-state index is 13.0. The third kappa shape index (κ3) is 3.97. The summed E-state index contributed by atoms with van der Waals surface area (Å²) in [5.74, 6) is -0.506. The number of nitrogens with one attached hydrogen (secondary N) is 1. The zero-order chi connectivity index (χ0) is 21.1. The number of aromatic nitrogens is 2. The highest BCUT2D eigenvalue weighted by atomic mass is 32.1. The molecule has 2 heterocycles. The molecule has 7 heteroatoms. The monoisotopic (exact) mass is 420 g/mol. The first-order valence-electron chi connectivity index (χ1n) is 9.56. The SMILES string of the molecule is Cc1c(C(=O)OCc2ccccc2)sc2[nH]c(=O)n(CCc3ccccc3)c(=O)c12. The average molecular weight is 420 g/mol. The van der Waals surface area contributed by atoms with E-state index < -0.39 is 11.7 Å². The van der Waals surface area contributed by atoms with Crippen LogP contribution in [0.4, 0.5) is 0 Å². The number of ether oxygens (including phenoxy) is 1. The van der Waals surface area contributed by atoms with E-state index in [-0.39, 0.29) is 18.7 Å². The molecule has 1 N–H and O–H groups in total. The molecule has 152 valence electrons. The summed E-state index contributed by atoms with van der Waals surface area (Å²) in [6.07, 6.45) is 0.560. The molecule has 4 rings (SSSR count). The number of aromatic amines is 1. The van der Waals surface area contributed by atoms with Gasteiger partial charge in [0.15, 0.2) is 0 Å². The Morgan fingerprint density at radius 1 is 1.00 bits per heavy atom. The van der Waals surface area contributed by atoms with Gasteiger partial charge in [0.25, 0.3) is 5.56 Å². The summed E-state index contributed by atoms with van der Waals surface area (Å²) in [7, 11) is 0. The Morgan fingerprint density at radius 3 is 2.30 bits per heavy atom. The van der Waals surface area contributed by atoms with Crippen molar-refractivity contribution in [1.29, 1.82) is 0 Å². The van der Waals surface area contributed by atoms with E-state index in [4.69, 9.17) is 4.74 Å². The molecule has 2 aromatic carbocycles. The minimum atomic E-state index is -0.506. The molecule has 0 unspecified atom stereocenters. The van der Waals surface area contributed by atoms with Crippen LogP contribution in [0.15, 0.2) is 70.3 Å². The lowest BCUT2D eigenvalue weighted by atomic mass is 10.1. The van der Waals surface area contributed by atoms with Crippen LogP contribution in [-0.2, 0) is 24.3 Å². The maximum absolute atomic E-state index is 13.0. The van der Waals surface area contributed by atoms with E-state index in [9.17, 15) is 14.4 Å². The van der Waals surface area contributed by atoms with Gasteiger partial charge in [0.1, 0.15) is 16.3 Å². The lowest BCUT2D eigenvalue weighted by Gasteiger charge is -2.05. The highest BCUT2D eigenvalue weighted by Gasteiger charge is 2.21. The van der Waals surface area contributed by atoms with Gasteiger partial charge in [-0.15, -0.1) is 11.3 Å². The normalized spacial score (nSPS) is 11.0. The molecule has 0 saturated carbocycles. The number of aryl methyl sites for hydroxylation is 2. The molecule has 4 aromatic rings. The number of carbonyl (C=O) groups excluding carboxylic acids is 1. The summed E-state index contributed by atoms with van der Waals surface area (Å²) in [6.45, 7) is 2.11. The van der Waals surface area contributed by atoms with Gasteiger partial charge >= 0.3 is 11.7 Å². The zero-order valence-electron chi connectivity index (χ0n) is 16.4. The van der Waals surface area contributed by atoms with Gasteiger partial charge in [-0.25, -0.2) is 9.59 Å². The molecule has 0 aliphatic heterocycles. The summed E-state index contributed by atoms with van der Waals surface area (Å²) >= 11 is 1.08. The van der Waals surface area contributed by atoms with Crippen LogP contribution in [0.3, 0.4) is 0 Å². The van der Waals surface area contributed by atoms with E-state index in [2.05, 4.69) is 4.98 Å². The van der Waals surface area contributed by atoms with Crippen molar-refractivity contribution in [3.8, 4) is 0 Å². The fourth-order valence-electron chi connectivity index (χ4n) is 3.32. The van der Waals surface area contributed by atoms with E-state index in [1.165, 1.54) is 4.57 Å². The largest absolute Gasteiger partial charge is 0.457 e. The van der Waals surface area contributed by atoms with Crippen LogP contribution in [0.2, 0.25) is 0 Å².